The van der Waals surface area contributed by atoms with Gasteiger partial charge in [-0.2, -0.15) is 4.98 Å². The fourth-order valence-electron chi connectivity index (χ4n) is 4.72. The van der Waals surface area contributed by atoms with E-state index in [0.29, 0.717) is 29.9 Å². The standard InChI is InChI=1S/C22H30N8O/c1-2-28-14-20(24-15-28)25-21-18-8-5-11-30(18)27-22(26-21)29-10-4-7-17(29)19(31)12-16-6-3-9-23-13-16/h5,8,11,14-17,23H,2-4,6-7,9-10,12-13H2,1H3,(H,25,26,27)/t16?,17-/m0/s1. The number of anilines is 3. The van der Waals surface area contributed by atoms with Crippen LogP contribution in [0.4, 0.5) is 17.6 Å². The Bertz CT molecular complexity index is 1050. The van der Waals surface area contributed by atoms with Crippen molar-refractivity contribution in [1.82, 2.24) is 29.5 Å². The van der Waals surface area contributed by atoms with Crippen molar-refractivity contribution in [3.8, 4) is 0 Å². The van der Waals surface area contributed by atoms with Gasteiger partial charge in [0.15, 0.2) is 11.6 Å². The molecule has 5 heterocycles. The van der Waals surface area contributed by atoms with Gasteiger partial charge in [-0.1, -0.05) is 0 Å². The first-order valence-electron chi connectivity index (χ1n) is 11.4. The third-order valence-corrected chi connectivity index (χ3v) is 6.39. The van der Waals surface area contributed by atoms with Crippen LogP contribution >= 0.6 is 0 Å². The summed E-state index contributed by atoms with van der Waals surface area (Å²) >= 11 is 0. The van der Waals surface area contributed by atoms with Gasteiger partial charge in [0, 0.05) is 31.9 Å². The van der Waals surface area contributed by atoms with E-state index >= 15 is 0 Å². The lowest BCUT2D eigenvalue weighted by atomic mass is 9.91. The summed E-state index contributed by atoms with van der Waals surface area (Å²) in [5.74, 6) is 2.80. The third-order valence-electron chi connectivity index (χ3n) is 6.39. The number of aromatic nitrogens is 5. The van der Waals surface area contributed by atoms with Crippen LogP contribution in [0.15, 0.2) is 30.9 Å². The predicted octanol–water partition coefficient (Wildman–Crippen LogP) is 2.62. The highest BCUT2D eigenvalue weighted by atomic mass is 16.1. The molecule has 2 fully saturated rings. The number of rotatable bonds is 7. The lowest BCUT2D eigenvalue weighted by Crippen LogP contribution is -2.40. The average Bonchev–Trinajstić information content (AvgIpc) is 3.54. The van der Waals surface area contributed by atoms with Gasteiger partial charge in [-0.05, 0) is 63.7 Å². The first-order valence-corrected chi connectivity index (χ1v) is 11.4. The maximum atomic E-state index is 13.2. The molecule has 0 radical (unpaired) electrons. The maximum absolute atomic E-state index is 13.2. The quantitative estimate of drug-likeness (QED) is 0.605. The third kappa shape index (κ3) is 4.14. The lowest BCUT2D eigenvalue weighted by molar-refractivity contribution is -0.121. The van der Waals surface area contributed by atoms with E-state index in [0.717, 1.165) is 63.2 Å². The summed E-state index contributed by atoms with van der Waals surface area (Å²) in [7, 11) is 0. The van der Waals surface area contributed by atoms with Gasteiger partial charge in [-0.15, -0.1) is 5.10 Å². The van der Waals surface area contributed by atoms with Gasteiger partial charge < -0.3 is 20.1 Å². The van der Waals surface area contributed by atoms with Gasteiger partial charge in [0.2, 0.25) is 5.95 Å². The van der Waals surface area contributed by atoms with Crippen molar-refractivity contribution >= 4 is 28.9 Å². The van der Waals surface area contributed by atoms with Crippen LogP contribution in [0.5, 0.6) is 0 Å². The fraction of sp³-hybridized carbons (Fsp3) is 0.545. The summed E-state index contributed by atoms with van der Waals surface area (Å²) in [4.78, 5) is 24.5. The largest absolute Gasteiger partial charge is 0.336 e. The molecular weight excluding hydrogens is 392 g/mol. The number of hydrogen-bond acceptors (Lipinski definition) is 7. The van der Waals surface area contributed by atoms with Crippen LogP contribution in [0.1, 0.15) is 39.0 Å². The molecule has 2 N–H and O–H groups in total. The SMILES string of the molecule is CCn1cnc(Nc2nc(N3CCC[C@H]3C(=O)CC3CCCNC3)nn3cccc23)c1. The van der Waals surface area contributed by atoms with Crippen molar-refractivity contribution in [2.75, 3.05) is 29.9 Å². The second kappa shape index (κ2) is 8.66. The minimum atomic E-state index is -0.137. The summed E-state index contributed by atoms with van der Waals surface area (Å²) in [6.07, 6.45) is 10.5. The molecule has 9 nitrogen and oxygen atoms in total. The summed E-state index contributed by atoms with van der Waals surface area (Å²) in [5.41, 5.74) is 0.880. The van der Waals surface area contributed by atoms with Crippen LogP contribution in [0.25, 0.3) is 5.52 Å². The second-order valence-electron chi connectivity index (χ2n) is 8.55. The second-order valence-corrected chi connectivity index (χ2v) is 8.55. The highest BCUT2D eigenvalue weighted by Crippen LogP contribution is 2.28. The number of hydrogen-bond donors (Lipinski definition) is 2. The molecule has 31 heavy (non-hydrogen) atoms. The Morgan fingerprint density at radius 3 is 3.06 bits per heavy atom. The number of nitrogens with zero attached hydrogens (tertiary/aromatic N) is 6. The number of carbonyl (C=O) groups is 1. The first-order chi connectivity index (χ1) is 15.2. The predicted molar refractivity (Wildman–Crippen MR) is 120 cm³/mol. The zero-order chi connectivity index (χ0) is 21.2. The molecule has 0 bridgehead atoms. The van der Waals surface area contributed by atoms with Gasteiger partial charge in [-0.3, -0.25) is 4.79 Å². The number of fused-ring (bicyclic) bond motifs is 1. The zero-order valence-corrected chi connectivity index (χ0v) is 18.0. The number of Topliss-reactive ketones (excluding diaryl/α,β-unsaturated/α-hetero) is 1. The summed E-state index contributed by atoms with van der Waals surface area (Å²) in [6.45, 7) is 5.75. The first kappa shape index (κ1) is 20.0. The number of piperidine rings is 1. The van der Waals surface area contributed by atoms with Crippen molar-refractivity contribution in [2.24, 2.45) is 5.92 Å². The summed E-state index contributed by atoms with van der Waals surface area (Å²) < 4.78 is 3.83. The van der Waals surface area contributed by atoms with Crippen molar-refractivity contribution < 1.29 is 4.79 Å². The molecule has 0 aromatic carbocycles. The topological polar surface area (TPSA) is 92.4 Å². The van der Waals surface area contributed by atoms with Crippen LogP contribution < -0.4 is 15.5 Å². The zero-order valence-electron chi connectivity index (χ0n) is 18.0. The molecule has 2 atom stereocenters. The van der Waals surface area contributed by atoms with E-state index < -0.39 is 0 Å². The molecular formula is C22H30N8O. The number of carbonyl (C=O) groups excluding carboxylic acids is 1. The van der Waals surface area contributed by atoms with E-state index in [9.17, 15) is 4.79 Å². The molecule has 2 aliphatic heterocycles. The van der Waals surface area contributed by atoms with Crippen LogP contribution in [0, 0.1) is 5.92 Å². The molecule has 2 aliphatic rings. The van der Waals surface area contributed by atoms with E-state index in [1.54, 1.807) is 6.33 Å². The van der Waals surface area contributed by atoms with Crippen molar-refractivity contribution in [1.29, 1.82) is 0 Å². The van der Waals surface area contributed by atoms with E-state index in [1.807, 2.05) is 33.6 Å². The van der Waals surface area contributed by atoms with Gasteiger partial charge >= 0.3 is 0 Å². The molecule has 2 saturated heterocycles. The van der Waals surface area contributed by atoms with Crippen LogP contribution in [0.3, 0.4) is 0 Å². The molecule has 3 aromatic rings. The van der Waals surface area contributed by atoms with Crippen molar-refractivity contribution in [3.05, 3.63) is 30.9 Å². The van der Waals surface area contributed by atoms with Gasteiger partial charge in [0.05, 0.1) is 12.4 Å². The Labute approximate surface area is 181 Å². The Morgan fingerprint density at radius 1 is 1.32 bits per heavy atom. The molecule has 0 aliphatic carbocycles. The Kier molecular flexibility index (Phi) is 5.59. The smallest absolute Gasteiger partial charge is 0.246 e. The Balaban J connectivity index is 1.40. The highest BCUT2D eigenvalue weighted by molar-refractivity contribution is 5.87. The van der Waals surface area contributed by atoms with Crippen molar-refractivity contribution in [2.45, 2.75) is 51.6 Å². The van der Waals surface area contributed by atoms with E-state index in [1.165, 1.54) is 0 Å². The number of ketones is 1. The van der Waals surface area contributed by atoms with Gasteiger partial charge in [0.25, 0.3) is 0 Å². The summed E-state index contributed by atoms with van der Waals surface area (Å²) in [6, 6.07) is 3.79. The summed E-state index contributed by atoms with van der Waals surface area (Å²) in [5, 5.41) is 11.5. The van der Waals surface area contributed by atoms with E-state index in [2.05, 4.69) is 27.4 Å². The highest BCUT2D eigenvalue weighted by Gasteiger charge is 2.34. The fourth-order valence-corrected chi connectivity index (χ4v) is 4.72. The van der Waals surface area contributed by atoms with Gasteiger partial charge in [-0.25, -0.2) is 9.50 Å². The molecule has 5 rings (SSSR count). The number of nitrogens with one attached hydrogen (secondary N) is 2. The molecule has 164 valence electrons. The van der Waals surface area contributed by atoms with E-state index in [-0.39, 0.29) is 6.04 Å². The van der Waals surface area contributed by atoms with Gasteiger partial charge in [0.1, 0.15) is 11.3 Å². The minimum Gasteiger partial charge on any atom is -0.336 e. The minimum absolute atomic E-state index is 0.137. The maximum Gasteiger partial charge on any atom is 0.246 e. The Hall–Kier alpha value is -2.94. The lowest BCUT2D eigenvalue weighted by Gasteiger charge is -2.27. The molecule has 0 spiro atoms. The average molecular weight is 423 g/mol. The van der Waals surface area contributed by atoms with Crippen LogP contribution in [0.2, 0.25) is 0 Å². The van der Waals surface area contributed by atoms with Crippen molar-refractivity contribution in [3.63, 3.8) is 0 Å². The number of imidazole rings is 1. The molecule has 3 aromatic heterocycles. The molecule has 0 amide bonds. The van der Waals surface area contributed by atoms with Crippen LogP contribution in [-0.4, -0.2) is 55.6 Å². The normalized spacial score (nSPS) is 21.6. The molecule has 1 unspecified atom stereocenters. The molecule has 9 heteroatoms. The van der Waals surface area contributed by atoms with E-state index in [4.69, 9.17) is 10.1 Å². The Morgan fingerprint density at radius 2 is 2.26 bits per heavy atom. The monoisotopic (exact) mass is 422 g/mol. The number of aryl methyl sites for hydroxylation is 1. The molecule has 0 saturated carbocycles. The van der Waals surface area contributed by atoms with Crippen LogP contribution in [-0.2, 0) is 11.3 Å².